The number of thiazole rings is 1. The fourth-order valence-corrected chi connectivity index (χ4v) is 2.62. The van der Waals surface area contributed by atoms with Gasteiger partial charge in [0, 0.05) is 24.5 Å². The number of nitrogens with zero attached hydrogens (tertiary/aromatic N) is 1. The van der Waals surface area contributed by atoms with Crippen molar-refractivity contribution in [3.8, 4) is 0 Å². The zero-order valence-electron chi connectivity index (χ0n) is 11.1. The molecule has 0 amide bonds. The van der Waals surface area contributed by atoms with Gasteiger partial charge in [0.25, 0.3) is 0 Å². The summed E-state index contributed by atoms with van der Waals surface area (Å²) in [6.45, 7) is 6.42. The summed E-state index contributed by atoms with van der Waals surface area (Å²) in [5, 5.41) is 6.66. The lowest BCUT2D eigenvalue weighted by molar-refractivity contribution is 0.675. The maximum Gasteiger partial charge on any atom is 0.0968 e. The van der Waals surface area contributed by atoms with Crippen LogP contribution in [0.15, 0.2) is 29.8 Å². The number of aryl methyl sites for hydroxylation is 1. The van der Waals surface area contributed by atoms with Crippen molar-refractivity contribution < 1.29 is 0 Å². The molecule has 0 bridgehead atoms. The highest BCUT2D eigenvalue weighted by atomic mass is 32.1. The van der Waals surface area contributed by atoms with Gasteiger partial charge in [0.15, 0.2) is 0 Å². The van der Waals surface area contributed by atoms with Crippen LogP contribution in [0.4, 0.5) is 0 Å². The van der Waals surface area contributed by atoms with E-state index in [1.807, 2.05) is 11.6 Å². The van der Waals surface area contributed by atoms with E-state index < -0.39 is 0 Å². The van der Waals surface area contributed by atoms with Crippen LogP contribution in [-0.4, -0.2) is 11.5 Å². The first-order valence-corrected chi connectivity index (χ1v) is 7.35. The monoisotopic (exact) mass is 260 g/mol. The minimum Gasteiger partial charge on any atom is -0.313 e. The molecule has 1 aromatic heterocycles. The number of benzene rings is 1. The van der Waals surface area contributed by atoms with Crippen molar-refractivity contribution in [1.82, 2.24) is 10.3 Å². The maximum atomic E-state index is 4.34. The number of rotatable bonds is 6. The third-order valence-electron chi connectivity index (χ3n) is 2.99. The van der Waals surface area contributed by atoms with Gasteiger partial charge in [0.2, 0.25) is 0 Å². The Hall–Kier alpha value is -1.19. The quantitative estimate of drug-likeness (QED) is 0.804. The molecule has 0 aliphatic carbocycles. The van der Waals surface area contributed by atoms with Crippen molar-refractivity contribution in [2.24, 2.45) is 0 Å². The van der Waals surface area contributed by atoms with E-state index in [2.05, 4.69) is 42.3 Å². The summed E-state index contributed by atoms with van der Waals surface area (Å²) < 4.78 is 0. The van der Waals surface area contributed by atoms with E-state index in [4.69, 9.17) is 0 Å². The van der Waals surface area contributed by atoms with Crippen LogP contribution in [0.2, 0.25) is 0 Å². The summed E-state index contributed by atoms with van der Waals surface area (Å²) in [5.74, 6) is 0. The molecule has 0 aliphatic rings. The van der Waals surface area contributed by atoms with Gasteiger partial charge in [-0.25, -0.2) is 4.98 Å². The van der Waals surface area contributed by atoms with Gasteiger partial charge >= 0.3 is 0 Å². The fourth-order valence-electron chi connectivity index (χ4n) is 1.98. The Bertz CT molecular complexity index is 477. The zero-order valence-corrected chi connectivity index (χ0v) is 11.9. The van der Waals surface area contributed by atoms with Crippen LogP contribution in [-0.2, 0) is 13.0 Å². The summed E-state index contributed by atoms with van der Waals surface area (Å²) in [6.07, 6.45) is 4.01. The van der Waals surface area contributed by atoms with E-state index in [1.165, 1.54) is 28.1 Å². The van der Waals surface area contributed by atoms with Crippen LogP contribution in [0.1, 0.15) is 35.0 Å². The summed E-state index contributed by atoms with van der Waals surface area (Å²) in [5.41, 5.74) is 4.11. The molecule has 0 aliphatic heterocycles. The molecular weight excluding hydrogens is 240 g/mol. The molecule has 1 heterocycles. The van der Waals surface area contributed by atoms with Crippen LogP contribution in [0.25, 0.3) is 0 Å². The maximum absolute atomic E-state index is 4.34. The van der Waals surface area contributed by atoms with Crippen LogP contribution >= 0.6 is 11.3 Å². The summed E-state index contributed by atoms with van der Waals surface area (Å²) in [4.78, 5) is 4.34. The third-order valence-corrected chi connectivity index (χ3v) is 3.77. The van der Waals surface area contributed by atoms with Crippen molar-refractivity contribution in [3.63, 3.8) is 0 Å². The predicted molar refractivity (Wildman–Crippen MR) is 78.1 cm³/mol. The summed E-state index contributed by atoms with van der Waals surface area (Å²) in [6, 6.07) is 6.74. The third kappa shape index (κ3) is 3.65. The SMILES string of the molecule is CCCNCc1ccc(Cc2nccs2)c(C)c1. The number of nitrogens with one attached hydrogen (secondary N) is 1. The van der Waals surface area contributed by atoms with Crippen molar-refractivity contribution in [2.45, 2.75) is 33.2 Å². The molecule has 0 fully saturated rings. The average Bonchev–Trinajstić information content (AvgIpc) is 2.86. The molecule has 96 valence electrons. The fraction of sp³-hybridized carbons (Fsp3) is 0.400. The predicted octanol–water partition coefficient (Wildman–Crippen LogP) is 3.54. The smallest absolute Gasteiger partial charge is 0.0968 e. The minimum atomic E-state index is 0.951. The molecule has 0 atom stereocenters. The van der Waals surface area contributed by atoms with Crippen LogP contribution in [0.5, 0.6) is 0 Å². The van der Waals surface area contributed by atoms with Gasteiger partial charge in [0.05, 0.1) is 5.01 Å². The van der Waals surface area contributed by atoms with E-state index >= 15 is 0 Å². The first-order chi connectivity index (χ1) is 8.79. The second kappa shape index (κ2) is 6.66. The highest BCUT2D eigenvalue weighted by Crippen LogP contribution is 2.17. The second-order valence-corrected chi connectivity index (χ2v) is 5.52. The Morgan fingerprint density at radius 2 is 2.22 bits per heavy atom. The molecular formula is C15H20N2S. The lowest BCUT2D eigenvalue weighted by Crippen LogP contribution is -2.13. The molecule has 18 heavy (non-hydrogen) atoms. The Morgan fingerprint density at radius 1 is 1.33 bits per heavy atom. The van der Waals surface area contributed by atoms with Gasteiger partial charge in [0.1, 0.15) is 0 Å². The standard InChI is InChI=1S/C15H20N2S/c1-3-6-16-11-13-4-5-14(12(2)9-13)10-15-17-7-8-18-15/h4-5,7-9,16H,3,6,10-11H2,1-2H3. The topological polar surface area (TPSA) is 24.9 Å². The second-order valence-electron chi connectivity index (χ2n) is 4.54. The average molecular weight is 260 g/mol. The highest BCUT2D eigenvalue weighted by molar-refractivity contribution is 7.09. The Kier molecular flexibility index (Phi) is 4.90. The van der Waals surface area contributed by atoms with E-state index in [9.17, 15) is 0 Å². The summed E-state index contributed by atoms with van der Waals surface area (Å²) in [7, 11) is 0. The molecule has 0 saturated carbocycles. The first kappa shape index (κ1) is 13.2. The number of hydrogen-bond donors (Lipinski definition) is 1. The first-order valence-electron chi connectivity index (χ1n) is 6.47. The van der Waals surface area contributed by atoms with E-state index in [-0.39, 0.29) is 0 Å². The van der Waals surface area contributed by atoms with Crippen molar-refractivity contribution in [1.29, 1.82) is 0 Å². The lowest BCUT2D eigenvalue weighted by atomic mass is 10.0. The van der Waals surface area contributed by atoms with Crippen molar-refractivity contribution >= 4 is 11.3 Å². The van der Waals surface area contributed by atoms with Crippen molar-refractivity contribution in [2.75, 3.05) is 6.54 Å². The molecule has 2 aromatic rings. The molecule has 2 rings (SSSR count). The van der Waals surface area contributed by atoms with Crippen LogP contribution in [0.3, 0.4) is 0 Å². The van der Waals surface area contributed by atoms with E-state index in [1.54, 1.807) is 11.3 Å². The normalized spacial score (nSPS) is 10.8. The Labute approximate surface area is 113 Å². The molecule has 1 aromatic carbocycles. The number of hydrogen-bond acceptors (Lipinski definition) is 3. The van der Waals surface area contributed by atoms with E-state index in [0.29, 0.717) is 0 Å². The van der Waals surface area contributed by atoms with Gasteiger partial charge in [-0.1, -0.05) is 25.1 Å². The largest absolute Gasteiger partial charge is 0.313 e. The number of aromatic nitrogens is 1. The van der Waals surface area contributed by atoms with Crippen LogP contribution in [0, 0.1) is 6.92 Å². The molecule has 2 nitrogen and oxygen atoms in total. The van der Waals surface area contributed by atoms with Gasteiger partial charge in [-0.2, -0.15) is 0 Å². The van der Waals surface area contributed by atoms with Gasteiger partial charge in [-0.05, 0) is 36.6 Å². The molecule has 1 N–H and O–H groups in total. The Morgan fingerprint density at radius 3 is 2.89 bits per heavy atom. The minimum absolute atomic E-state index is 0.951. The van der Waals surface area contributed by atoms with Gasteiger partial charge in [-0.15, -0.1) is 11.3 Å². The molecule has 0 spiro atoms. The molecule has 0 radical (unpaired) electrons. The summed E-state index contributed by atoms with van der Waals surface area (Å²) >= 11 is 1.72. The molecule has 0 saturated heterocycles. The Balaban J connectivity index is 2.01. The lowest BCUT2D eigenvalue weighted by Gasteiger charge is -2.08. The van der Waals surface area contributed by atoms with Gasteiger partial charge in [-0.3, -0.25) is 0 Å². The van der Waals surface area contributed by atoms with Gasteiger partial charge < -0.3 is 5.32 Å². The van der Waals surface area contributed by atoms with E-state index in [0.717, 1.165) is 19.5 Å². The molecule has 3 heteroatoms. The van der Waals surface area contributed by atoms with Crippen LogP contribution < -0.4 is 5.32 Å². The zero-order chi connectivity index (χ0) is 12.8. The molecule has 0 unspecified atom stereocenters. The van der Waals surface area contributed by atoms with Crippen molar-refractivity contribution in [3.05, 3.63) is 51.5 Å². The highest BCUT2D eigenvalue weighted by Gasteiger charge is 2.03.